The zero-order chi connectivity index (χ0) is 14.7. The number of ether oxygens (including phenoxy) is 2. The summed E-state index contributed by atoms with van der Waals surface area (Å²) in [5.74, 6) is 0. The second-order valence-corrected chi connectivity index (χ2v) is 3.39. The summed E-state index contributed by atoms with van der Waals surface area (Å²) in [5, 5.41) is 33.4. The van der Waals surface area contributed by atoms with Gasteiger partial charge in [-0.3, -0.25) is 0 Å². The first-order valence-electron chi connectivity index (χ1n) is 5.64. The Labute approximate surface area is 110 Å². The van der Waals surface area contributed by atoms with Crippen molar-refractivity contribution in [2.45, 2.75) is 20.0 Å². The van der Waals surface area contributed by atoms with Gasteiger partial charge in [0.1, 0.15) is 13.1 Å². The number of hydrogen-bond acceptors (Lipinski definition) is 8. The lowest BCUT2D eigenvalue weighted by Crippen LogP contribution is -2.38. The predicted molar refractivity (Wildman–Crippen MR) is 60.5 cm³/mol. The Morgan fingerprint density at radius 2 is 2.21 bits per heavy atom. The molecule has 0 amide bonds. The summed E-state index contributed by atoms with van der Waals surface area (Å²) >= 11 is 0. The fourth-order valence-corrected chi connectivity index (χ4v) is 1.03. The Bertz CT molecular complexity index is 285. The molecule has 0 saturated carbocycles. The third-order valence-corrected chi connectivity index (χ3v) is 1.69. The van der Waals surface area contributed by atoms with E-state index < -0.39 is 19.1 Å². The zero-order valence-electron chi connectivity index (χ0n) is 10.9. The van der Waals surface area contributed by atoms with Gasteiger partial charge in [0.15, 0.2) is 0 Å². The molecule has 0 aromatic rings. The fourth-order valence-electron chi connectivity index (χ4n) is 1.03. The zero-order valence-corrected chi connectivity index (χ0v) is 10.9. The van der Waals surface area contributed by atoms with Crippen LogP contribution in [0.3, 0.4) is 0 Å². The first-order valence-corrected chi connectivity index (χ1v) is 5.64. The van der Waals surface area contributed by atoms with Crippen LogP contribution in [0.1, 0.15) is 13.8 Å². The van der Waals surface area contributed by atoms with Crippen molar-refractivity contribution in [3.05, 3.63) is 5.21 Å². The van der Waals surface area contributed by atoms with Gasteiger partial charge in [-0.05, 0) is 13.8 Å². The second-order valence-electron chi connectivity index (χ2n) is 3.39. The van der Waals surface area contributed by atoms with Gasteiger partial charge >= 0.3 is 6.16 Å². The van der Waals surface area contributed by atoms with Gasteiger partial charge in [-0.2, -0.15) is 0 Å². The van der Waals surface area contributed by atoms with Crippen molar-refractivity contribution < 1.29 is 34.3 Å². The number of aliphatic hydroxyl groups is 2. The summed E-state index contributed by atoms with van der Waals surface area (Å²) in [7, 11) is 0. The molecule has 0 rings (SSSR count). The highest BCUT2D eigenvalue weighted by molar-refractivity contribution is 5.59. The summed E-state index contributed by atoms with van der Waals surface area (Å²) in [5.41, 5.74) is 0. The van der Waals surface area contributed by atoms with E-state index in [2.05, 4.69) is 19.6 Å². The van der Waals surface area contributed by atoms with Gasteiger partial charge in [0.2, 0.25) is 5.28 Å². The van der Waals surface area contributed by atoms with Crippen LogP contribution in [0.5, 0.6) is 0 Å². The summed E-state index contributed by atoms with van der Waals surface area (Å²) in [6.07, 6.45) is -1.72. The molecule has 0 aliphatic heterocycles. The molecule has 1 atom stereocenters. The van der Waals surface area contributed by atoms with Crippen LogP contribution < -0.4 is 0 Å². The average molecular weight is 281 g/mol. The maximum atomic E-state index is 11.4. The minimum Gasteiger partial charge on any atom is -0.569 e. The maximum Gasteiger partial charge on any atom is 0.511 e. The van der Waals surface area contributed by atoms with Crippen molar-refractivity contribution in [2.75, 3.05) is 33.1 Å². The molecular weight excluding hydrogens is 262 g/mol. The van der Waals surface area contributed by atoms with Gasteiger partial charge in [-0.25, -0.2) is 4.79 Å². The normalized spacial score (nSPS) is 12.7. The molecule has 112 valence electrons. The first-order chi connectivity index (χ1) is 9.01. The minimum absolute atomic E-state index is 0.0278. The summed E-state index contributed by atoms with van der Waals surface area (Å²) < 4.78 is 8.83. The third-order valence-electron chi connectivity index (χ3n) is 1.69. The average Bonchev–Trinajstić information content (AvgIpc) is 2.33. The van der Waals surface area contributed by atoms with E-state index in [9.17, 15) is 10.0 Å². The standard InChI is InChI=1S/C9H19N3O7/c1-3-17-9(15)18-7-19-10-12(16)11(4-5-13)6-8(2)14/h8,13-14H,3-7H2,1-2H3/b12-10-. The van der Waals surface area contributed by atoms with Crippen molar-refractivity contribution in [1.29, 1.82) is 0 Å². The van der Waals surface area contributed by atoms with E-state index in [1.54, 1.807) is 6.92 Å². The van der Waals surface area contributed by atoms with E-state index in [1.807, 2.05) is 0 Å². The number of nitrogens with zero attached hydrogens (tertiary/aromatic N) is 3. The lowest BCUT2D eigenvalue weighted by Gasteiger charge is -2.18. The third kappa shape index (κ3) is 8.85. The summed E-state index contributed by atoms with van der Waals surface area (Å²) in [6, 6.07) is 0. The van der Waals surface area contributed by atoms with E-state index in [0.717, 1.165) is 5.01 Å². The predicted octanol–water partition coefficient (Wildman–Crippen LogP) is -0.399. The molecule has 0 spiro atoms. The molecule has 0 aliphatic carbocycles. The highest BCUT2D eigenvalue weighted by atomic mass is 16.8. The van der Waals surface area contributed by atoms with Crippen molar-refractivity contribution in [3.63, 3.8) is 0 Å². The molecule has 0 aliphatic rings. The molecule has 19 heavy (non-hydrogen) atoms. The molecule has 0 heterocycles. The van der Waals surface area contributed by atoms with E-state index >= 15 is 0 Å². The van der Waals surface area contributed by atoms with Crippen LogP contribution in [0.15, 0.2) is 5.28 Å². The molecule has 0 bridgehead atoms. The van der Waals surface area contributed by atoms with Crippen LogP contribution in [0.4, 0.5) is 4.79 Å². The van der Waals surface area contributed by atoms with Crippen LogP contribution in [0.2, 0.25) is 0 Å². The summed E-state index contributed by atoms with van der Waals surface area (Å²) in [6.45, 7) is 2.30. The van der Waals surface area contributed by atoms with E-state index in [4.69, 9.17) is 10.2 Å². The quantitative estimate of drug-likeness (QED) is 0.146. The van der Waals surface area contributed by atoms with E-state index in [1.165, 1.54) is 6.92 Å². The van der Waals surface area contributed by atoms with Crippen LogP contribution in [0, 0.1) is 5.21 Å². The fraction of sp³-hybridized carbons (Fsp3) is 0.889. The molecule has 1 unspecified atom stereocenters. The van der Waals surface area contributed by atoms with Crippen LogP contribution in [-0.4, -0.2) is 65.5 Å². The van der Waals surface area contributed by atoms with E-state index in [0.29, 0.717) is 0 Å². The largest absolute Gasteiger partial charge is 0.569 e. The van der Waals surface area contributed by atoms with Crippen LogP contribution >= 0.6 is 0 Å². The van der Waals surface area contributed by atoms with Crippen LogP contribution in [0.25, 0.3) is 0 Å². The van der Waals surface area contributed by atoms with Gasteiger partial charge in [0.05, 0.1) is 24.3 Å². The summed E-state index contributed by atoms with van der Waals surface area (Å²) in [4.78, 5) is 15.2. The number of hydrazine groups is 1. The maximum absolute atomic E-state index is 11.4. The molecule has 0 radical (unpaired) electrons. The molecule has 0 aromatic heterocycles. The van der Waals surface area contributed by atoms with E-state index in [-0.39, 0.29) is 31.3 Å². The van der Waals surface area contributed by atoms with Gasteiger partial charge < -0.3 is 29.7 Å². The Balaban J connectivity index is 4.09. The molecule has 2 N–H and O–H groups in total. The number of aliphatic hydroxyl groups excluding tert-OH is 2. The van der Waals surface area contributed by atoms with Gasteiger partial charge in [0.25, 0.3) is 6.79 Å². The highest BCUT2D eigenvalue weighted by Gasteiger charge is 2.15. The number of rotatable bonds is 9. The lowest BCUT2D eigenvalue weighted by molar-refractivity contribution is -0.713. The monoisotopic (exact) mass is 281 g/mol. The van der Waals surface area contributed by atoms with Gasteiger partial charge in [0, 0.05) is 0 Å². The topological polar surface area (TPSA) is 127 Å². The van der Waals surface area contributed by atoms with Crippen molar-refractivity contribution in [1.82, 2.24) is 5.01 Å². The van der Waals surface area contributed by atoms with Gasteiger partial charge in [-0.1, -0.05) is 0 Å². The Hall–Kier alpha value is -1.81. The molecule has 10 nitrogen and oxygen atoms in total. The van der Waals surface area contributed by atoms with Gasteiger partial charge in [-0.15, -0.1) is 5.01 Å². The second kappa shape index (κ2) is 10.1. The molecule has 0 saturated heterocycles. The lowest BCUT2D eigenvalue weighted by atomic mass is 10.4. The smallest absolute Gasteiger partial charge is 0.511 e. The van der Waals surface area contributed by atoms with Crippen LogP contribution in [-0.2, 0) is 14.3 Å². The number of carbonyl (C=O) groups is 1. The van der Waals surface area contributed by atoms with Crippen molar-refractivity contribution in [3.8, 4) is 0 Å². The molecule has 0 fully saturated rings. The Morgan fingerprint density at radius 1 is 1.53 bits per heavy atom. The SMILES string of the molecule is CCOC(=O)OCO/N=[N+](\[O-])N(CCO)CC(C)O. The Morgan fingerprint density at radius 3 is 2.74 bits per heavy atom. The minimum atomic E-state index is -0.939. The Kier molecular flexibility index (Phi) is 9.18. The van der Waals surface area contributed by atoms with Crippen molar-refractivity contribution >= 4 is 6.16 Å². The number of hydrogen-bond donors (Lipinski definition) is 2. The molecule has 0 aromatic carbocycles. The first kappa shape index (κ1) is 17.2. The highest BCUT2D eigenvalue weighted by Crippen LogP contribution is 1.95. The van der Waals surface area contributed by atoms with Crippen molar-refractivity contribution in [2.24, 2.45) is 5.28 Å². The molecular formula is C9H19N3O7. The molecule has 10 heteroatoms. The number of carbonyl (C=O) groups excluding carboxylic acids is 1.